The predicted molar refractivity (Wildman–Crippen MR) is 68.7 cm³/mol. The molecule has 1 aliphatic rings. The van der Waals surface area contributed by atoms with Crippen LogP contribution in [0, 0.1) is 5.92 Å². The third kappa shape index (κ3) is 2.11. The number of anilines is 1. The monoisotopic (exact) mass is 250 g/mol. The molecule has 4 N–H and O–H groups in total. The number of aliphatic hydroxyl groups is 1. The van der Waals surface area contributed by atoms with Gasteiger partial charge in [0.2, 0.25) is 0 Å². The Labute approximate surface area is 106 Å². The Balaban J connectivity index is 2.39. The zero-order chi connectivity index (χ0) is 13.1. The fourth-order valence-corrected chi connectivity index (χ4v) is 2.43. The molecule has 1 aliphatic heterocycles. The van der Waals surface area contributed by atoms with Crippen LogP contribution in [0.25, 0.3) is 0 Å². The summed E-state index contributed by atoms with van der Waals surface area (Å²) in [4.78, 5) is 6.33. The van der Waals surface area contributed by atoms with E-state index >= 15 is 0 Å². The number of hydrogen-bond acceptors (Lipinski definition) is 5. The minimum absolute atomic E-state index is 0.0325. The van der Waals surface area contributed by atoms with Crippen LogP contribution in [0.3, 0.4) is 0 Å². The minimum Gasteiger partial charge on any atom is -0.409 e. The molecular weight excluding hydrogens is 232 g/mol. The van der Waals surface area contributed by atoms with Gasteiger partial charge in [0.1, 0.15) is 5.82 Å². The first-order chi connectivity index (χ1) is 8.69. The Morgan fingerprint density at radius 3 is 3.11 bits per heavy atom. The first-order valence-corrected chi connectivity index (χ1v) is 5.99. The molecular formula is C12H18N4O2. The van der Waals surface area contributed by atoms with E-state index in [1.165, 1.54) is 0 Å². The van der Waals surface area contributed by atoms with Gasteiger partial charge >= 0.3 is 0 Å². The van der Waals surface area contributed by atoms with Gasteiger partial charge < -0.3 is 20.9 Å². The van der Waals surface area contributed by atoms with E-state index in [1.54, 1.807) is 18.3 Å². The van der Waals surface area contributed by atoms with Gasteiger partial charge in [-0.3, -0.25) is 0 Å². The van der Waals surface area contributed by atoms with Crippen LogP contribution in [-0.2, 0) is 0 Å². The van der Waals surface area contributed by atoms with Gasteiger partial charge in [0.15, 0.2) is 5.84 Å². The standard InChI is InChI=1S/C12H18N4O2/c1-8-4-6-16(10(8)7-17)12-9(11(13)15-18)3-2-5-14-12/h2-3,5,8,10,17-18H,4,6-7H2,1H3,(H2,13,15). The van der Waals surface area contributed by atoms with Crippen LogP contribution >= 0.6 is 0 Å². The van der Waals surface area contributed by atoms with Crippen molar-refractivity contribution in [3.8, 4) is 0 Å². The SMILES string of the molecule is CC1CCN(c2ncccc2/C(N)=N/O)C1CO. The van der Waals surface area contributed by atoms with Gasteiger partial charge in [-0.15, -0.1) is 0 Å². The van der Waals surface area contributed by atoms with Crippen LogP contribution in [0.15, 0.2) is 23.5 Å². The molecule has 0 bridgehead atoms. The lowest BCUT2D eigenvalue weighted by molar-refractivity contribution is 0.244. The first kappa shape index (κ1) is 12.6. The summed E-state index contributed by atoms with van der Waals surface area (Å²) in [6, 6.07) is 3.53. The molecule has 0 amide bonds. The molecule has 2 rings (SSSR count). The lowest BCUT2D eigenvalue weighted by atomic mass is 10.0. The van der Waals surface area contributed by atoms with Gasteiger partial charge in [-0.05, 0) is 24.5 Å². The van der Waals surface area contributed by atoms with E-state index < -0.39 is 0 Å². The van der Waals surface area contributed by atoms with Crippen LogP contribution in [0.2, 0.25) is 0 Å². The number of nitrogens with zero attached hydrogens (tertiary/aromatic N) is 3. The van der Waals surface area contributed by atoms with Crippen molar-refractivity contribution in [2.75, 3.05) is 18.1 Å². The van der Waals surface area contributed by atoms with Crippen molar-refractivity contribution in [3.05, 3.63) is 23.9 Å². The van der Waals surface area contributed by atoms with Gasteiger partial charge in [0, 0.05) is 12.7 Å². The second-order valence-corrected chi connectivity index (χ2v) is 4.57. The van der Waals surface area contributed by atoms with Gasteiger partial charge in [-0.1, -0.05) is 12.1 Å². The highest BCUT2D eigenvalue weighted by molar-refractivity contribution is 6.01. The van der Waals surface area contributed by atoms with Crippen molar-refractivity contribution in [3.63, 3.8) is 0 Å². The summed E-state index contributed by atoms with van der Waals surface area (Å²) in [5, 5.41) is 21.3. The zero-order valence-electron chi connectivity index (χ0n) is 10.3. The fourth-order valence-electron chi connectivity index (χ4n) is 2.43. The van der Waals surface area contributed by atoms with Crippen molar-refractivity contribution < 1.29 is 10.3 Å². The van der Waals surface area contributed by atoms with Crippen LogP contribution in [-0.4, -0.2) is 40.3 Å². The summed E-state index contributed by atoms with van der Waals surface area (Å²) in [6.07, 6.45) is 2.67. The maximum atomic E-state index is 9.47. The smallest absolute Gasteiger partial charge is 0.173 e. The van der Waals surface area contributed by atoms with E-state index in [0.717, 1.165) is 13.0 Å². The Kier molecular flexibility index (Phi) is 3.66. The average Bonchev–Trinajstić information content (AvgIpc) is 2.78. The molecule has 0 aromatic carbocycles. The number of rotatable bonds is 3. The molecule has 0 saturated carbocycles. The Morgan fingerprint density at radius 2 is 2.44 bits per heavy atom. The van der Waals surface area contributed by atoms with Crippen LogP contribution < -0.4 is 10.6 Å². The predicted octanol–water partition coefficient (Wildman–Crippen LogP) is 0.383. The Bertz CT molecular complexity index is 449. The number of oxime groups is 1. The van der Waals surface area contributed by atoms with E-state index in [2.05, 4.69) is 17.1 Å². The maximum Gasteiger partial charge on any atom is 0.173 e. The molecule has 1 fully saturated rings. The van der Waals surface area contributed by atoms with E-state index in [0.29, 0.717) is 17.3 Å². The molecule has 0 spiro atoms. The molecule has 2 unspecified atom stereocenters. The van der Waals surface area contributed by atoms with Crippen LogP contribution in [0.1, 0.15) is 18.9 Å². The van der Waals surface area contributed by atoms with E-state index in [-0.39, 0.29) is 18.5 Å². The lowest BCUT2D eigenvalue weighted by Gasteiger charge is -2.27. The normalized spacial score (nSPS) is 24.6. The maximum absolute atomic E-state index is 9.47. The highest BCUT2D eigenvalue weighted by Gasteiger charge is 2.32. The van der Waals surface area contributed by atoms with Crippen molar-refractivity contribution in [1.29, 1.82) is 0 Å². The largest absolute Gasteiger partial charge is 0.409 e. The van der Waals surface area contributed by atoms with Crippen LogP contribution in [0.4, 0.5) is 5.82 Å². The molecule has 0 radical (unpaired) electrons. The molecule has 1 aromatic heterocycles. The summed E-state index contributed by atoms with van der Waals surface area (Å²) in [5.74, 6) is 1.10. The summed E-state index contributed by atoms with van der Waals surface area (Å²) in [7, 11) is 0. The quantitative estimate of drug-likeness (QED) is 0.312. The van der Waals surface area contributed by atoms with E-state index in [9.17, 15) is 5.11 Å². The molecule has 98 valence electrons. The number of aliphatic hydroxyl groups excluding tert-OH is 1. The second-order valence-electron chi connectivity index (χ2n) is 4.57. The molecule has 2 atom stereocenters. The second kappa shape index (κ2) is 5.22. The highest BCUT2D eigenvalue weighted by atomic mass is 16.4. The number of hydrogen-bond donors (Lipinski definition) is 3. The average molecular weight is 250 g/mol. The topological polar surface area (TPSA) is 95.0 Å². The molecule has 6 heteroatoms. The highest BCUT2D eigenvalue weighted by Crippen LogP contribution is 2.30. The minimum atomic E-state index is 0.0325. The van der Waals surface area contributed by atoms with E-state index in [4.69, 9.17) is 10.9 Å². The molecule has 6 nitrogen and oxygen atoms in total. The molecule has 2 heterocycles. The third-order valence-corrected chi connectivity index (χ3v) is 3.51. The molecule has 1 saturated heterocycles. The van der Waals surface area contributed by atoms with Gasteiger partial charge in [-0.25, -0.2) is 4.98 Å². The Hall–Kier alpha value is -1.82. The third-order valence-electron chi connectivity index (χ3n) is 3.51. The molecule has 0 aliphatic carbocycles. The Morgan fingerprint density at radius 1 is 1.67 bits per heavy atom. The summed E-state index contributed by atoms with van der Waals surface area (Å²) in [5.41, 5.74) is 6.25. The molecule has 1 aromatic rings. The summed E-state index contributed by atoms with van der Waals surface area (Å²) >= 11 is 0. The van der Waals surface area contributed by atoms with E-state index in [1.807, 2.05) is 4.90 Å². The first-order valence-electron chi connectivity index (χ1n) is 5.99. The van der Waals surface area contributed by atoms with Crippen LogP contribution in [0.5, 0.6) is 0 Å². The lowest BCUT2D eigenvalue weighted by Crippen LogP contribution is -2.37. The summed E-state index contributed by atoms with van der Waals surface area (Å²) in [6.45, 7) is 3.00. The zero-order valence-corrected chi connectivity index (χ0v) is 10.3. The van der Waals surface area contributed by atoms with Crippen molar-refractivity contribution in [2.24, 2.45) is 16.8 Å². The van der Waals surface area contributed by atoms with Gasteiger partial charge in [0.25, 0.3) is 0 Å². The number of aromatic nitrogens is 1. The van der Waals surface area contributed by atoms with Crippen molar-refractivity contribution in [1.82, 2.24) is 4.98 Å². The van der Waals surface area contributed by atoms with Crippen molar-refractivity contribution in [2.45, 2.75) is 19.4 Å². The number of pyridine rings is 1. The molecule has 18 heavy (non-hydrogen) atoms. The summed E-state index contributed by atoms with van der Waals surface area (Å²) < 4.78 is 0. The number of nitrogens with two attached hydrogens (primary N) is 1. The van der Waals surface area contributed by atoms with Gasteiger partial charge in [-0.2, -0.15) is 0 Å². The van der Waals surface area contributed by atoms with Crippen molar-refractivity contribution >= 4 is 11.7 Å². The number of amidine groups is 1. The fraction of sp³-hybridized carbons (Fsp3) is 0.500. The van der Waals surface area contributed by atoms with Gasteiger partial charge in [0.05, 0.1) is 18.2 Å².